The second-order valence-corrected chi connectivity index (χ2v) is 7.33. The van der Waals surface area contributed by atoms with Gasteiger partial charge in [-0.15, -0.1) is 0 Å². The highest BCUT2D eigenvalue weighted by Gasteiger charge is 2.27. The second-order valence-electron chi connectivity index (χ2n) is 7.33. The van der Waals surface area contributed by atoms with Crippen molar-refractivity contribution in [3.63, 3.8) is 0 Å². The summed E-state index contributed by atoms with van der Waals surface area (Å²) in [6.07, 6.45) is -3.66. The zero-order valence-corrected chi connectivity index (χ0v) is 21.5. The van der Waals surface area contributed by atoms with Crippen LogP contribution in [0.15, 0.2) is 24.3 Å². The monoisotopic (exact) mass is 506 g/mol. The minimum Gasteiger partial charge on any atom is -0.493 e. The van der Waals surface area contributed by atoms with E-state index in [0.717, 1.165) is 0 Å². The maximum absolute atomic E-state index is 12.9. The normalized spacial score (nSPS) is 12.0. The van der Waals surface area contributed by atoms with Gasteiger partial charge in [0.25, 0.3) is 0 Å². The minimum atomic E-state index is -1.23. The van der Waals surface area contributed by atoms with Crippen LogP contribution in [0.4, 0.5) is 4.79 Å². The van der Waals surface area contributed by atoms with Crippen molar-refractivity contribution in [1.29, 1.82) is 0 Å². The van der Waals surface area contributed by atoms with Crippen LogP contribution in [-0.2, 0) is 9.47 Å². The van der Waals surface area contributed by atoms with Crippen molar-refractivity contribution < 1.29 is 52.3 Å². The number of benzene rings is 2. The molecule has 36 heavy (non-hydrogen) atoms. The Morgan fingerprint density at radius 1 is 0.528 bits per heavy atom. The summed E-state index contributed by atoms with van der Waals surface area (Å²) in [5.41, 5.74) is 0.317. The van der Waals surface area contributed by atoms with Gasteiger partial charge >= 0.3 is 6.16 Å². The van der Waals surface area contributed by atoms with E-state index < -0.39 is 29.9 Å². The summed E-state index contributed by atoms with van der Waals surface area (Å²) < 4.78 is 41.7. The first kappa shape index (κ1) is 28.1. The highest BCUT2D eigenvalue weighted by atomic mass is 16.7. The number of ether oxygens (including phenoxy) is 8. The number of Topliss-reactive ketones (excluding diaryl/α,β-unsaturated/α-hetero) is 2. The predicted octanol–water partition coefficient (Wildman–Crippen LogP) is 3.73. The standard InChI is InChI=1S/C25H30O11/c1-13(21(26)15-9-17(29-3)23(33-7)18(10-15)30-4)35-25(28)36-14(2)22(27)16-11-19(31-5)24(34-8)20(12-16)32-6/h9-14H,1-8H3. The van der Waals surface area contributed by atoms with Gasteiger partial charge in [0, 0.05) is 11.1 Å². The van der Waals surface area contributed by atoms with E-state index in [1.807, 2.05) is 0 Å². The summed E-state index contributed by atoms with van der Waals surface area (Å²) in [4.78, 5) is 38.1. The first-order valence-electron chi connectivity index (χ1n) is 10.7. The molecule has 0 fully saturated rings. The van der Waals surface area contributed by atoms with Gasteiger partial charge in [-0.2, -0.15) is 0 Å². The Labute approximate surface area is 209 Å². The van der Waals surface area contributed by atoms with E-state index >= 15 is 0 Å². The Balaban J connectivity index is 2.14. The number of carbonyl (C=O) groups excluding carboxylic acids is 3. The molecule has 0 saturated carbocycles. The second kappa shape index (κ2) is 12.5. The van der Waals surface area contributed by atoms with Crippen LogP contribution in [0.1, 0.15) is 34.6 Å². The lowest BCUT2D eigenvalue weighted by Gasteiger charge is -2.18. The smallest absolute Gasteiger partial charge is 0.493 e. The number of methoxy groups -OCH3 is 6. The van der Waals surface area contributed by atoms with E-state index in [2.05, 4.69) is 0 Å². The lowest BCUT2D eigenvalue weighted by molar-refractivity contribution is 0.0108. The third-order valence-electron chi connectivity index (χ3n) is 5.18. The lowest BCUT2D eigenvalue weighted by Crippen LogP contribution is -2.29. The molecule has 0 heterocycles. The van der Waals surface area contributed by atoms with Crippen LogP contribution < -0.4 is 28.4 Å². The van der Waals surface area contributed by atoms with Crippen molar-refractivity contribution in [3.8, 4) is 34.5 Å². The number of rotatable bonds is 12. The third kappa shape index (κ3) is 6.09. The van der Waals surface area contributed by atoms with E-state index in [-0.39, 0.29) is 34.1 Å². The van der Waals surface area contributed by atoms with Gasteiger partial charge in [-0.05, 0) is 38.1 Å². The van der Waals surface area contributed by atoms with Crippen molar-refractivity contribution in [2.45, 2.75) is 26.1 Å². The first-order valence-corrected chi connectivity index (χ1v) is 10.7. The molecular formula is C25H30O11. The van der Waals surface area contributed by atoms with E-state index in [4.69, 9.17) is 37.9 Å². The van der Waals surface area contributed by atoms with Gasteiger partial charge in [-0.1, -0.05) is 0 Å². The van der Waals surface area contributed by atoms with E-state index in [0.29, 0.717) is 11.5 Å². The lowest BCUT2D eigenvalue weighted by atomic mass is 10.1. The average molecular weight is 507 g/mol. The van der Waals surface area contributed by atoms with Crippen molar-refractivity contribution in [3.05, 3.63) is 35.4 Å². The molecule has 196 valence electrons. The number of hydrogen-bond donors (Lipinski definition) is 0. The molecule has 11 heteroatoms. The third-order valence-corrected chi connectivity index (χ3v) is 5.18. The Morgan fingerprint density at radius 2 is 0.806 bits per heavy atom. The van der Waals surface area contributed by atoms with Crippen molar-refractivity contribution >= 4 is 17.7 Å². The molecule has 0 radical (unpaired) electrons. The van der Waals surface area contributed by atoms with Gasteiger partial charge in [0.15, 0.2) is 35.2 Å². The fraction of sp³-hybridized carbons (Fsp3) is 0.400. The SMILES string of the molecule is COc1cc(C(=O)C(C)OC(=O)OC(C)C(=O)c2cc(OC)c(OC)c(OC)c2)cc(OC)c1OC. The van der Waals surface area contributed by atoms with E-state index in [1.165, 1.54) is 80.8 Å². The molecule has 0 aliphatic heterocycles. The zero-order valence-electron chi connectivity index (χ0n) is 21.5. The molecule has 0 saturated heterocycles. The van der Waals surface area contributed by atoms with Crippen molar-refractivity contribution in [2.75, 3.05) is 42.7 Å². The van der Waals surface area contributed by atoms with Gasteiger partial charge in [-0.3, -0.25) is 9.59 Å². The van der Waals surface area contributed by atoms with Gasteiger partial charge < -0.3 is 37.9 Å². The zero-order chi connectivity index (χ0) is 27.0. The number of carbonyl (C=O) groups is 3. The minimum absolute atomic E-state index is 0.159. The highest BCUT2D eigenvalue weighted by Crippen LogP contribution is 2.39. The van der Waals surface area contributed by atoms with Gasteiger partial charge in [0.2, 0.25) is 23.1 Å². The van der Waals surface area contributed by atoms with Gasteiger partial charge in [0.05, 0.1) is 42.7 Å². The molecule has 0 aliphatic rings. The van der Waals surface area contributed by atoms with Crippen LogP contribution in [0.25, 0.3) is 0 Å². The molecule has 2 aromatic rings. The summed E-state index contributed by atoms with van der Waals surface area (Å²) in [6, 6.07) is 5.74. The van der Waals surface area contributed by atoms with Crippen LogP contribution in [0, 0.1) is 0 Å². The Bertz CT molecular complexity index is 974. The molecule has 0 spiro atoms. The molecular weight excluding hydrogens is 476 g/mol. The topological polar surface area (TPSA) is 125 Å². The van der Waals surface area contributed by atoms with Crippen LogP contribution in [0.5, 0.6) is 34.5 Å². The van der Waals surface area contributed by atoms with Gasteiger partial charge in [-0.25, -0.2) is 4.79 Å². The molecule has 0 aliphatic carbocycles. The molecule has 0 N–H and O–H groups in total. The summed E-state index contributed by atoms with van der Waals surface area (Å²) in [7, 11) is 8.52. The van der Waals surface area contributed by atoms with Crippen molar-refractivity contribution in [1.82, 2.24) is 0 Å². The number of hydrogen-bond acceptors (Lipinski definition) is 11. The summed E-state index contributed by atoms with van der Waals surface area (Å²) >= 11 is 0. The maximum Gasteiger partial charge on any atom is 0.509 e. The highest BCUT2D eigenvalue weighted by molar-refractivity contribution is 6.02. The summed E-state index contributed by atoms with van der Waals surface area (Å²) in [5, 5.41) is 0. The molecule has 0 amide bonds. The molecule has 0 aromatic heterocycles. The molecule has 11 nitrogen and oxygen atoms in total. The molecule has 2 atom stereocenters. The average Bonchev–Trinajstić information content (AvgIpc) is 2.89. The maximum atomic E-state index is 12.9. The molecule has 2 rings (SSSR count). The summed E-state index contributed by atoms with van der Waals surface area (Å²) in [5.74, 6) is 0.579. The fourth-order valence-corrected chi connectivity index (χ4v) is 3.34. The Kier molecular flexibility index (Phi) is 9.77. The Morgan fingerprint density at radius 3 is 1.03 bits per heavy atom. The molecule has 2 aromatic carbocycles. The Hall–Kier alpha value is -4.15. The fourth-order valence-electron chi connectivity index (χ4n) is 3.34. The van der Waals surface area contributed by atoms with Crippen molar-refractivity contribution in [2.24, 2.45) is 0 Å². The van der Waals surface area contributed by atoms with Crippen LogP contribution in [0.2, 0.25) is 0 Å². The molecule has 2 unspecified atom stereocenters. The summed E-state index contributed by atoms with van der Waals surface area (Å²) in [6.45, 7) is 2.75. The van der Waals surface area contributed by atoms with Gasteiger partial charge in [0.1, 0.15) is 0 Å². The van der Waals surface area contributed by atoms with Crippen LogP contribution in [-0.4, -0.2) is 72.6 Å². The molecule has 0 bridgehead atoms. The quantitative estimate of drug-likeness (QED) is 0.309. The van der Waals surface area contributed by atoms with E-state index in [9.17, 15) is 14.4 Å². The van der Waals surface area contributed by atoms with E-state index in [1.54, 1.807) is 0 Å². The predicted molar refractivity (Wildman–Crippen MR) is 127 cm³/mol. The largest absolute Gasteiger partial charge is 0.509 e. The van der Waals surface area contributed by atoms with Crippen LogP contribution in [0.3, 0.4) is 0 Å². The van der Waals surface area contributed by atoms with Crippen LogP contribution >= 0.6 is 0 Å². The first-order chi connectivity index (χ1) is 17.1. The number of ketones is 2.